The van der Waals surface area contributed by atoms with Crippen molar-refractivity contribution in [1.29, 1.82) is 0 Å². The number of rotatable bonds is 6. The molecule has 1 aliphatic carbocycles. The summed E-state index contributed by atoms with van der Waals surface area (Å²) < 4.78 is 4.75. The minimum absolute atomic E-state index is 0.143. The van der Waals surface area contributed by atoms with E-state index in [1.165, 1.54) is 25.7 Å². The zero-order chi connectivity index (χ0) is 12.0. The van der Waals surface area contributed by atoms with Gasteiger partial charge in [0.05, 0.1) is 0 Å². The van der Waals surface area contributed by atoms with Crippen molar-refractivity contribution in [1.82, 2.24) is 4.90 Å². The van der Waals surface area contributed by atoms with Crippen LogP contribution in [-0.2, 0) is 14.3 Å². The van der Waals surface area contributed by atoms with Gasteiger partial charge in [-0.15, -0.1) is 0 Å². The largest absolute Gasteiger partial charge is 0.480 e. The number of hydrogen-bond acceptors (Lipinski definition) is 3. The van der Waals surface area contributed by atoms with Crippen molar-refractivity contribution in [2.45, 2.75) is 25.7 Å². The van der Waals surface area contributed by atoms with Gasteiger partial charge in [0.1, 0.15) is 13.2 Å². The normalized spacial score (nSPS) is 16.3. The number of carboxylic acids is 1. The van der Waals surface area contributed by atoms with E-state index < -0.39 is 12.6 Å². The van der Waals surface area contributed by atoms with Crippen LogP contribution >= 0.6 is 0 Å². The molecule has 0 aromatic rings. The van der Waals surface area contributed by atoms with Crippen LogP contribution in [0.25, 0.3) is 0 Å². The molecule has 0 unspecified atom stereocenters. The molecule has 5 nitrogen and oxygen atoms in total. The number of nitrogens with zero attached hydrogens (tertiary/aromatic N) is 1. The lowest BCUT2D eigenvalue weighted by Gasteiger charge is -2.20. The number of carbonyl (C=O) groups excluding carboxylic acids is 1. The summed E-state index contributed by atoms with van der Waals surface area (Å²) in [5.74, 6) is -0.590. The van der Waals surface area contributed by atoms with Crippen LogP contribution in [0, 0.1) is 5.92 Å². The van der Waals surface area contributed by atoms with Crippen molar-refractivity contribution >= 4 is 11.9 Å². The average Bonchev–Trinajstić information content (AvgIpc) is 2.69. The third-order valence-electron chi connectivity index (χ3n) is 2.88. The molecule has 0 radical (unpaired) electrons. The molecular formula is C11H19NO4. The lowest BCUT2D eigenvalue weighted by atomic mass is 10.1. The maximum absolute atomic E-state index is 11.5. The van der Waals surface area contributed by atoms with Gasteiger partial charge in [0, 0.05) is 13.6 Å². The van der Waals surface area contributed by atoms with Gasteiger partial charge in [-0.2, -0.15) is 0 Å². The van der Waals surface area contributed by atoms with Crippen LogP contribution in [0.3, 0.4) is 0 Å². The first-order chi connectivity index (χ1) is 7.59. The highest BCUT2D eigenvalue weighted by Gasteiger charge is 2.19. The highest BCUT2D eigenvalue weighted by Crippen LogP contribution is 2.25. The van der Waals surface area contributed by atoms with Crippen LogP contribution in [0.2, 0.25) is 0 Å². The van der Waals surface area contributed by atoms with E-state index in [1.807, 2.05) is 0 Å². The Morgan fingerprint density at radius 2 is 1.94 bits per heavy atom. The Hall–Kier alpha value is -1.10. The lowest BCUT2D eigenvalue weighted by Crippen LogP contribution is -2.34. The SMILES string of the molecule is CN(CC1CCCC1)C(=O)COCC(=O)O. The summed E-state index contributed by atoms with van der Waals surface area (Å²) in [4.78, 5) is 23.3. The van der Waals surface area contributed by atoms with Crippen LogP contribution in [0.15, 0.2) is 0 Å². The van der Waals surface area contributed by atoms with E-state index in [2.05, 4.69) is 0 Å². The number of carbonyl (C=O) groups is 2. The Labute approximate surface area is 95.4 Å². The molecule has 1 N–H and O–H groups in total. The molecule has 0 aromatic heterocycles. The van der Waals surface area contributed by atoms with E-state index >= 15 is 0 Å². The second-order valence-corrected chi connectivity index (χ2v) is 4.31. The van der Waals surface area contributed by atoms with Gasteiger partial charge < -0.3 is 14.7 Å². The number of hydrogen-bond donors (Lipinski definition) is 1. The topological polar surface area (TPSA) is 66.8 Å². The molecule has 0 aromatic carbocycles. The van der Waals surface area contributed by atoms with Crippen molar-refractivity contribution in [3.8, 4) is 0 Å². The molecule has 1 aliphatic rings. The summed E-state index contributed by atoms with van der Waals surface area (Å²) in [6.07, 6.45) is 4.88. The molecule has 0 bridgehead atoms. The Morgan fingerprint density at radius 3 is 2.50 bits per heavy atom. The first kappa shape index (κ1) is 13.0. The van der Waals surface area contributed by atoms with Crippen LogP contribution in [0.4, 0.5) is 0 Å². The monoisotopic (exact) mass is 229 g/mol. The fraction of sp³-hybridized carbons (Fsp3) is 0.818. The summed E-state index contributed by atoms with van der Waals surface area (Å²) in [7, 11) is 1.74. The van der Waals surface area contributed by atoms with Crippen molar-refractivity contribution in [2.24, 2.45) is 5.92 Å². The van der Waals surface area contributed by atoms with E-state index in [-0.39, 0.29) is 12.5 Å². The predicted molar refractivity (Wildman–Crippen MR) is 58.0 cm³/mol. The molecule has 0 heterocycles. The molecule has 0 aliphatic heterocycles. The Morgan fingerprint density at radius 1 is 1.31 bits per heavy atom. The van der Waals surface area contributed by atoms with E-state index in [1.54, 1.807) is 11.9 Å². The Kier molecular flexibility index (Phi) is 5.25. The highest BCUT2D eigenvalue weighted by atomic mass is 16.5. The zero-order valence-corrected chi connectivity index (χ0v) is 9.65. The van der Waals surface area contributed by atoms with Gasteiger partial charge in [-0.3, -0.25) is 4.79 Å². The van der Waals surface area contributed by atoms with E-state index in [9.17, 15) is 9.59 Å². The fourth-order valence-corrected chi connectivity index (χ4v) is 2.02. The third-order valence-corrected chi connectivity index (χ3v) is 2.88. The van der Waals surface area contributed by atoms with Crippen molar-refractivity contribution < 1.29 is 19.4 Å². The van der Waals surface area contributed by atoms with Gasteiger partial charge >= 0.3 is 5.97 Å². The van der Waals surface area contributed by atoms with Gasteiger partial charge in [-0.05, 0) is 18.8 Å². The maximum atomic E-state index is 11.5. The van der Waals surface area contributed by atoms with Crippen molar-refractivity contribution in [2.75, 3.05) is 26.8 Å². The van der Waals surface area contributed by atoms with Gasteiger partial charge in [0.25, 0.3) is 0 Å². The first-order valence-corrected chi connectivity index (χ1v) is 5.63. The standard InChI is InChI=1S/C11H19NO4/c1-12(6-9-4-2-3-5-9)10(13)7-16-8-11(14)15/h9H,2-8H2,1H3,(H,14,15). The summed E-state index contributed by atoms with van der Waals surface area (Å²) in [5.41, 5.74) is 0. The maximum Gasteiger partial charge on any atom is 0.329 e. The van der Waals surface area contributed by atoms with Crippen LogP contribution in [0.5, 0.6) is 0 Å². The highest BCUT2D eigenvalue weighted by molar-refractivity contribution is 5.77. The van der Waals surface area contributed by atoms with Crippen LogP contribution < -0.4 is 0 Å². The number of ether oxygens (including phenoxy) is 1. The first-order valence-electron chi connectivity index (χ1n) is 5.63. The van der Waals surface area contributed by atoms with Gasteiger partial charge in [-0.25, -0.2) is 4.79 Å². The predicted octanol–water partition coefficient (Wildman–Crippen LogP) is 0.736. The average molecular weight is 229 g/mol. The molecule has 1 amide bonds. The van der Waals surface area contributed by atoms with E-state index in [4.69, 9.17) is 9.84 Å². The molecule has 0 atom stereocenters. The van der Waals surface area contributed by atoms with Crippen LogP contribution in [0.1, 0.15) is 25.7 Å². The number of aliphatic carboxylic acids is 1. The third kappa shape index (κ3) is 4.61. The van der Waals surface area contributed by atoms with Crippen molar-refractivity contribution in [3.05, 3.63) is 0 Å². The number of likely N-dealkylation sites (N-methyl/N-ethyl adjacent to an activating group) is 1. The zero-order valence-electron chi connectivity index (χ0n) is 9.65. The molecule has 16 heavy (non-hydrogen) atoms. The number of carboxylic acid groups (broad SMARTS) is 1. The molecule has 1 fully saturated rings. The molecule has 0 saturated heterocycles. The summed E-state index contributed by atoms with van der Waals surface area (Å²) >= 11 is 0. The lowest BCUT2D eigenvalue weighted by molar-refractivity contribution is -0.145. The Bertz CT molecular complexity index is 248. The minimum Gasteiger partial charge on any atom is -0.480 e. The second kappa shape index (κ2) is 6.48. The molecular weight excluding hydrogens is 210 g/mol. The van der Waals surface area contributed by atoms with Gasteiger partial charge in [-0.1, -0.05) is 12.8 Å². The minimum atomic E-state index is -1.05. The van der Waals surface area contributed by atoms with E-state index in [0.717, 1.165) is 6.54 Å². The summed E-state index contributed by atoms with van der Waals surface area (Å²) in [5, 5.41) is 8.34. The molecule has 1 saturated carbocycles. The molecule has 1 rings (SSSR count). The molecule has 5 heteroatoms. The summed E-state index contributed by atoms with van der Waals surface area (Å²) in [6, 6.07) is 0. The molecule has 0 spiro atoms. The number of amides is 1. The Balaban J connectivity index is 2.16. The smallest absolute Gasteiger partial charge is 0.329 e. The fourth-order valence-electron chi connectivity index (χ4n) is 2.02. The van der Waals surface area contributed by atoms with Crippen LogP contribution in [-0.4, -0.2) is 48.7 Å². The summed E-state index contributed by atoms with van der Waals surface area (Å²) in [6.45, 7) is 0.202. The second-order valence-electron chi connectivity index (χ2n) is 4.31. The molecule has 92 valence electrons. The van der Waals surface area contributed by atoms with Gasteiger partial charge in [0.15, 0.2) is 0 Å². The van der Waals surface area contributed by atoms with E-state index in [0.29, 0.717) is 5.92 Å². The van der Waals surface area contributed by atoms with Gasteiger partial charge in [0.2, 0.25) is 5.91 Å². The quantitative estimate of drug-likeness (QED) is 0.729. The van der Waals surface area contributed by atoms with Crippen molar-refractivity contribution in [3.63, 3.8) is 0 Å².